The van der Waals surface area contributed by atoms with E-state index in [1.807, 2.05) is 0 Å². The predicted molar refractivity (Wildman–Crippen MR) is 70.8 cm³/mol. The molecule has 3 heterocycles. The zero-order chi connectivity index (χ0) is 13.1. The Morgan fingerprint density at radius 1 is 1.47 bits per heavy atom. The lowest BCUT2D eigenvalue weighted by atomic mass is 9.85. The van der Waals surface area contributed by atoms with E-state index in [4.69, 9.17) is 4.74 Å². The van der Waals surface area contributed by atoms with Gasteiger partial charge in [0.15, 0.2) is 0 Å². The van der Waals surface area contributed by atoms with Gasteiger partial charge in [-0.3, -0.25) is 9.78 Å². The molecular formula is C14H19N3O2. The molecule has 2 fully saturated rings. The maximum Gasteiger partial charge on any atom is 0.251 e. The minimum atomic E-state index is -0.0572. The lowest BCUT2D eigenvalue weighted by Gasteiger charge is -2.28. The Morgan fingerprint density at radius 2 is 2.32 bits per heavy atom. The fourth-order valence-electron chi connectivity index (χ4n) is 2.96. The van der Waals surface area contributed by atoms with Gasteiger partial charge in [-0.05, 0) is 31.0 Å². The fourth-order valence-corrected chi connectivity index (χ4v) is 2.96. The van der Waals surface area contributed by atoms with Gasteiger partial charge in [-0.25, -0.2) is 0 Å². The van der Waals surface area contributed by atoms with Gasteiger partial charge in [0.05, 0.1) is 12.7 Å². The van der Waals surface area contributed by atoms with Crippen molar-refractivity contribution in [3.8, 4) is 0 Å². The van der Waals surface area contributed by atoms with Gasteiger partial charge in [0, 0.05) is 37.0 Å². The summed E-state index contributed by atoms with van der Waals surface area (Å²) < 4.78 is 5.82. The van der Waals surface area contributed by atoms with Crippen LogP contribution in [0.15, 0.2) is 24.5 Å². The number of piperidine rings is 1. The van der Waals surface area contributed by atoms with Crippen LogP contribution in [0.2, 0.25) is 0 Å². The lowest BCUT2D eigenvalue weighted by Crippen LogP contribution is -2.43. The SMILES string of the molecule is O=C(NC[C@H]1OC[C@@H]2CCNC[C@@H]21)c1ccncc1. The van der Waals surface area contributed by atoms with E-state index in [1.54, 1.807) is 24.5 Å². The number of fused-ring (bicyclic) bond motifs is 1. The normalized spacial score (nSPS) is 29.8. The molecule has 2 aliphatic rings. The molecule has 102 valence electrons. The summed E-state index contributed by atoms with van der Waals surface area (Å²) in [6.45, 7) is 3.51. The number of amides is 1. The topological polar surface area (TPSA) is 63.2 Å². The Morgan fingerprint density at radius 3 is 3.16 bits per heavy atom. The van der Waals surface area contributed by atoms with Crippen molar-refractivity contribution in [2.75, 3.05) is 26.2 Å². The summed E-state index contributed by atoms with van der Waals surface area (Å²) in [5.41, 5.74) is 0.645. The number of carbonyl (C=O) groups is 1. The molecule has 0 radical (unpaired) electrons. The van der Waals surface area contributed by atoms with Crippen LogP contribution < -0.4 is 10.6 Å². The molecule has 2 aliphatic heterocycles. The first-order valence-electron chi connectivity index (χ1n) is 6.85. The first-order chi connectivity index (χ1) is 9.34. The summed E-state index contributed by atoms with van der Waals surface area (Å²) in [7, 11) is 0. The van der Waals surface area contributed by atoms with Crippen LogP contribution in [0.5, 0.6) is 0 Å². The molecule has 0 bridgehead atoms. The average Bonchev–Trinajstić information content (AvgIpc) is 2.89. The molecule has 0 spiro atoms. The highest BCUT2D eigenvalue weighted by molar-refractivity contribution is 5.93. The molecule has 0 unspecified atom stereocenters. The second-order valence-electron chi connectivity index (χ2n) is 5.23. The second-order valence-corrected chi connectivity index (χ2v) is 5.23. The number of rotatable bonds is 3. The van der Waals surface area contributed by atoms with Gasteiger partial charge >= 0.3 is 0 Å². The van der Waals surface area contributed by atoms with Crippen LogP contribution in [-0.2, 0) is 4.74 Å². The zero-order valence-electron chi connectivity index (χ0n) is 10.8. The van der Waals surface area contributed by atoms with Crippen LogP contribution in [0.25, 0.3) is 0 Å². The van der Waals surface area contributed by atoms with Crippen molar-refractivity contribution in [1.29, 1.82) is 0 Å². The number of hydrogen-bond acceptors (Lipinski definition) is 4. The number of carbonyl (C=O) groups excluding carboxylic acids is 1. The number of nitrogens with one attached hydrogen (secondary N) is 2. The largest absolute Gasteiger partial charge is 0.376 e. The summed E-state index contributed by atoms with van der Waals surface area (Å²) >= 11 is 0. The number of nitrogens with zero attached hydrogens (tertiary/aromatic N) is 1. The summed E-state index contributed by atoms with van der Waals surface area (Å²) in [6.07, 6.45) is 4.58. The maximum atomic E-state index is 12.0. The van der Waals surface area contributed by atoms with Crippen LogP contribution >= 0.6 is 0 Å². The van der Waals surface area contributed by atoms with Crippen LogP contribution in [-0.4, -0.2) is 43.2 Å². The first-order valence-corrected chi connectivity index (χ1v) is 6.85. The minimum absolute atomic E-state index is 0.0572. The van der Waals surface area contributed by atoms with Crippen molar-refractivity contribution in [3.63, 3.8) is 0 Å². The molecule has 3 atom stereocenters. The lowest BCUT2D eigenvalue weighted by molar-refractivity contribution is 0.0776. The highest BCUT2D eigenvalue weighted by Crippen LogP contribution is 2.30. The van der Waals surface area contributed by atoms with E-state index in [9.17, 15) is 4.79 Å². The van der Waals surface area contributed by atoms with Crippen molar-refractivity contribution < 1.29 is 9.53 Å². The molecule has 0 aromatic carbocycles. The van der Waals surface area contributed by atoms with Crippen molar-refractivity contribution in [1.82, 2.24) is 15.6 Å². The molecule has 19 heavy (non-hydrogen) atoms. The molecule has 1 amide bonds. The molecule has 0 aliphatic carbocycles. The van der Waals surface area contributed by atoms with E-state index in [0.29, 0.717) is 23.9 Å². The van der Waals surface area contributed by atoms with E-state index in [0.717, 1.165) is 19.7 Å². The molecule has 5 nitrogen and oxygen atoms in total. The van der Waals surface area contributed by atoms with Gasteiger partial charge in [-0.1, -0.05) is 0 Å². The fraction of sp³-hybridized carbons (Fsp3) is 0.571. The molecule has 2 N–H and O–H groups in total. The number of ether oxygens (including phenoxy) is 1. The Bertz CT molecular complexity index is 438. The Labute approximate surface area is 112 Å². The highest BCUT2D eigenvalue weighted by Gasteiger charge is 2.38. The first kappa shape index (κ1) is 12.6. The second kappa shape index (κ2) is 5.67. The smallest absolute Gasteiger partial charge is 0.251 e. The van der Waals surface area contributed by atoms with Crippen molar-refractivity contribution >= 4 is 5.91 Å². The third-order valence-electron chi connectivity index (χ3n) is 4.09. The molecule has 3 rings (SSSR count). The summed E-state index contributed by atoms with van der Waals surface area (Å²) in [5.74, 6) is 1.13. The van der Waals surface area contributed by atoms with Crippen molar-refractivity contribution in [3.05, 3.63) is 30.1 Å². The van der Waals surface area contributed by atoms with Crippen LogP contribution in [0, 0.1) is 11.8 Å². The van der Waals surface area contributed by atoms with E-state index in [-0.39, 0.29) is 12.0 Å². The highest BCUT2D eigenvalue weighted by atomic mass is 16.5. The minimum Gasteiger partial charge on any atom is -0.376 e. The number of pyridine rings is 1. The van der Waals surface area contributed by atoms with E-state index in [2.05, 4.69) is 15.6 Å². The Hall–Kier alpha value is -1.46. The number of aromatic nitrogens is 1. The molecule has 5 heteroatoms. The van der Waals surface area contributed by atoms with Crippen LogP contribution in [0.4, 0.5) is 0 Å². The zero-order valence-corrected chi connectivity index (χ0v) is 10.8. The quantitative estimate of drug-likeness (QED) is 0.828. The van der Waals surface area contributed by atoms with Gasteiger partial charge in [-0.15, -0.1) is 0 Å². The van der Waals surface area contributed by atoms with Crippen molar-refractivity contribution in [2.45, 2.75) is 12.5 Å². The van der Waals surface area contributed by atoms with E-state index < -0.39 is 0 Å². The van der Waals surface area contributed by atoms with Crippen molar-refractivity contribution in [2.24, 2.45) is 11.8 Å². The third kappa shape index (κ3) is 2.77. The molecule has 1 aromatic rings. The van der Waals surface area contributed by atoms with Gasteiger partial charge in [-0.2, -0.15) is 0 Å². The number of hydrogen-bond donors (Lipinski definition) is 2. The predicted octanol–water partition coefficient (Wildman–Crippen LogP) is 0.436. The van der Waals surface area contributed by atoms with Crippen LogP contribution in [0.1, 0.15) is 16.8 Å². The Balaban J connectivity index is 1.54. The maximum absolute atomic E-state index is 12.0. The van der Waals surface area contributed by atoms with E-state index in [1.165, 1.54) is 6.42 Å². The monoisotopic (exact) mass is 261 g/mol. The average molecular weight is 261 g/mol. The van der Waals surface area contributed by atoms with Gasteiger partial charge in [0.1, 0.15) is 0 Å². The third-order valence-corrected chi connectivity index (χ3v) is 4.09. The van der Waals surface area contributed by atoms with E-state index >= 15 is 0 Å². The summed E-state index contributed by atoms with van der Waals surface area (Å²) in [6, 6.07) is 3.44. The van der Waals surface area contributed by atoms with Gasteiger partial charge in [0.2, 0.25) is 0 Å². The molecule has 1 aromatic heterocycles. The molecule has 0 saturated carbocycles. The summed E-state index contributed by atoms with van der Waals surface area (Å²) in [5, 5.41) is 6.36. The standard InChI is InChI=1S/C14H19N3O2/c18-14(10-1-4-15-5-2-10)17-8-13-12-7-16-6-3-11(12)9-19-13/h1-2,4-5,11-13,16H,3,6-9H2,(H,17,18)/t11-,12-,13+/m0/s1. The molecule has 2 saturated heterocycles. The van der Waals surface area contributed by atoms with Gasteiger partial charge < -0.3 is 15.4 Å². The Kier molecular flexibility index (Phi) is 3.75. The van der Waals surface area contributed by atoms with Crippen LogP contribution in [0.3, 0.4) is 0 Å². The van der Waals surface area contributed by atoms with Gasteiger partial charge in [0.25, 0.3) is 5.91 Å². The molecular weight excluding hydrogens is 242 g/mol. The summed E-state index contributed by atoms with van der Waals surface area (Å²) in [4.78, 5) is 15.9.